The average Bonchev–Trinajstić information content (AvgIpc) is 3.15. The van der Waals surface area contributed by atoms with Crippen LogP contribution in [0.1, 0.15) is 40.4 Å². The van der Waals surface area contributed by atoms with Crippen LogP contribution in [0.3, 0.4) is 0 Å². The summed E-state index contributed by atoms with van der Waals surface area (Å²) < 4.78 is 2.85. The van der Waals surface area contributed by atoms with Gasteiger partial charge in [0.05, 0.1) is 18.8 Å². The molecule has 31 heavy (non-hydrogen) atoms. The van der Waals surface area contributed by atoms with Crippen LogP contribution < -0.4 is 5.32 Å². The number of rotatable bonds is 11. The van der Waals surface area contributed by atoms with Crippen LogP contribution in [-0.2, 0) is 13.1 Å². The number of nitrogens with zero attached hydrogens (tertiary/aromatic N) is 4. The molecule has 0 radical (unpaired) electrons. The highest BCUT2D eigenvalue weighted by atomic mass is 79.9. The highest BCUT2D eigenvalue weighted by Crippen LogP contribution is 2.25. The van der Waals surface area contributed by atoms with Gasteiger partial charge in [0, 0.05) is 15.6 Å². The SMILES string of the molecule is C=CCCCNCc1nnc(CN(C)C)n1-c1ccc(Br)cc1C(=O)c1ccccc1. The highest BCUT2D eigenvalue weighted by Gasteiger charge is 2.21. The molecule has 0 saturated heterocycles. The number of hydrogen-bond donors (Lipinski definition) is 1. The van der Waals surface area contributed by atoms with E-state index in [4.69, 9.17) is 0 Å². The van der Waals surface area contributed by atoms with Crippen molar-refractivity contribution in [3.8, 4) is 5.69 Å². The molecule has 1 heterocycles. The van der Waals surface area contributed by atoms with Gasteiger partial charge in [0.1, 0.15) is 0 Å². The quantitative estimate of drug-likeness (QED) is 0.250. The van der Waals surface area contributed by atoms with E-state index >= 15 is 0 Å². The van der Waals surface area contributed by atoms with Crippen molar-refractivity contribution >= 4 is 21.7 Å². The molecule has 0 aliphatic carbocycles. The Labute approximate surface area is 192 Å². The maximum atomic E-state index is 13.4. The third-order valence-corrected chi connectivity index (χ3v) is 5.27. The van der Waals surface area contributed by atoms with Crippen molar-refractivity contribution in [3.05, 3.63) is 88.4 Å². The van der Waals surface area contributed by atoms with E-state index in [0.29, 0.717) is 24.2 Å². The van der Waals surface area contributed by atoms with Gasteiger partial charge >= 0.3 is 0 Å². The topological polar surface area (TPSA) is 63.1 Å². The predicted octanol–water partition coefficient (Wildman–Crippen LogP) is 4.38. The molecule has 6 nitrogen and oxygen atoms in total. The molecule has 1 aromatic heterocycles. The molecule has 0 atom stereocenters. The Bertz CT molecular complexity index is 1030. The Morgan fingerprint density at radius 2 is 1.90 bits per heavy atom. The summed E-state index contributed by atoms with van der Waals surface area (Å²) in [7, 11) is 3.98. The molecule has 162 valence electrons. The van der Waals surface area contributed by atoms with Crippen molar-refractivity contribution in [3.63, 3.8) is 0 Å². The lowest BCUT2D eigenvalue weighted by molar-refractivity contribution is 0.103. The number of ketones is 1. The van der Waals surface area contributed by atoms with Crippen molar-refractivity contribution in [2.75, 3.05) is 20.6 Å². The number of carbonyl (C=O) groups is 1. The average molecular weight is 482 g/mol. The van der Waals surface area contributed by atoms with Crippen LogP contribution in [0.2, 0.25) is 0 Å². The van der Waals surface area contributed by atoms with Crippen LogP contribution in [0.15, 0.2) is 65.7 Å². The third-order valence-electron chi connectivity index (χ3n) is 4.78. The van der Waals surface area contributed by atoms with Crippen LogP contribution in [0.25, 0.3) is 5.69 Å². The fourth-order valence-corrected chi connectivity index (χ4v) is 3.69. The molecule has 0 aliphatic heterocycles. The Morgan fingerprint density at radius 1 is 1.16 bits per heavy atom. The molecule has 0 unspecified atom stereocenters. The van der Waals surface area contributed by atoms with E-state index in [0.717, 1.165) is 41.2 Å². The summed E-state index contributed by atoms with van der Waals surface area (Å²) in [4.78, 5) is 15.4. The maximum absolute atomic E-state index is 13.4. The van der Waals surface area contributed by atoms with Crippen molar-refractivity contribution in [2.45, 2.75) is 25.9 Å². The Balaban J connectivity index is 2.03. The summed E-state index contributed by atoms with van der Waals surface area (Å²) in [5.74, 6) is 1.53. The summed E-state index contributed by atoms with van der Waals surface area (Å²) in [5, 5.41) is 12.3. The van der Waals surface area contributed by atoms with E-state index in [-0.39, 0.29) is 5.78 Å². The lowest BCUT2D eigenvalue weighted by atomic mass is 10.0. The number of aromatic nitrogens is 3. The summed E-state index contributed by atoms with van der Waals surface area (Å²) in [6.45, 7) is 5.80. The second-order valence-electron chi connectivity index (χ2n) is 7.57. The first-order chi connectivity index (χ1) is 15.0. The first-order valence-corrected chi connectivity index (χ1v) is 11.1. The number of unbranched alkanes of at least 4 members (excludes halogenated alkanes) is 1. The molecule has 1 N–H and O–H groups in total. The number of nitrogens with one attached hydrogen (secondary N) is 1. The second kappa shape index (κ2) is 11.1. The second-order valence-corrected chi connectivity index (χ2v) is 8.49. The van der Waals surface area contributed by atoms with E-state index in [1.54, 1.807) is 0 Å². The summed E-state index contributed by atoms with van der Waals surface area (Å²) >= 11 is 3.52. The molecule has 3 aromatic rings. The number of halogens is 1. The first kappa shape index (κ1) is 23.1. The van der Waals surface area contributed by atoms with E-state index < -0.39 is 0 Å². The number of carbonyl (C=O) groups excluding carboxylic acids is 1. The van der Waals surface area contributed by atoms with Gasteiger partial charge < -0.3 is 10.2 Å². The molecular weight excluding hydrogens is 454 g/mol. The predicted molar refractivity (Wildman–Crippen MR) is 127 cm³/mol. The van der Waals surface area contributed by atoms with Crippen molar-refractivity contribution < 1.29 is 4.79 Å². The van der Waals surface area contributed by atoms with Crippen LogP contribution >= 0.6 is 15.9 Å². The number of benzene rings is 2. The molecule has 3 rings (SSSR count). The van der Waals surface area contributed by atoms with Crippen molar-refractivity contribution in [1.29, 1.82) is 0 Å². The monoisotopic (exact) mass is 481 g/mol. The van der Waals surface area contributed by atoms with Gasteiger partial charge in [-0.15, -0.1) is 16.8 Å². The highest BCUT2D eigenvalue weighted by molar-refractivity contribution is 9.10. The van der Waals surface area contributed by atoms with Crippen LogP contribution in [0, 0.1) is 0 Å². The molecule has 0 saturated carbocycles. The fourth-order valence-electron chi connectivity index (χ4n) is 3.33. The minimum Gasteiger partial charge on any atom is -0.310 e. The van der Waals surface area contributed by atoms with Gasteiger partial charge in [-0.1, -0.05) is 52.3 Å². The molecule has 0 bridgehead atoms. The minimum atomic E-state index is -0.0358. The first-order valence-electron chi connectivity index (χ1n) is 10.3. The molecule has 0 aliphatic rings. The van der Waals surface area contributed by atoms with Gasteiger partial charge in [-0.25, -0.2) is 0 Å². The van der Waals surface area contributed by atoms with Gasteiger partial charge in [-0.3, -0.25) is 9.36 Å². The van der Waals surface area contributed by atoms with Gasteiger partial charge in [-0.05, 0) is 51.7 Å². The summed E-state index contributed by atoms with van der Waals surface area (Å²) in [5.41, 5.74) is 2.03. The van der Waals surface area contributed by atoms with Gasteiger partial charge in [0.25, 0.3) is 0 Å². The van der Waals surface area contributed by atoms with Crippen LogP contribution in [-0.4, -0.2) is 46.1 Å². The number of allylic oxidation sites excluding steroid dienone is 1. The molecule has 7 heteroatoms. The standard InChI is InChI=1S/C24H28BrN5O/c1-4-5-9-14-26-16-22-27-28-23(17-29(2)3)30(22)21-13-12-19(25)15-20(21)24(31)18-10-7-6-8-11-18/h4,6-8,10-13,15,26H,1,5,9,14,16-17H2,2-3H3. The normalized spacial score (nSPS) is 11.1. The zero-order chi connectivity index (χ0) is 22.2. The van der Waals surface area contributed by atoms with Gasteiger partial charge in [-0.2, -0.15) is 0 Å². The van der Waals surface area contributed by atoms with E-state index in [9.17, 15) is 4.79 Å². The molecule has 0 fully saturated rings. The van der Waals surface area contributed by atoms with Gasteiger partial charge in [0.15, 0.2) is 17.4 Å². The molecule has 2 aromatic carbocycles. The summed E-state index contributed by atoms with van der Waals surface area (Å²) in [6.07, 6.45) is 3.90. The van der Waals surface area contributed by atoms with E-state index in [2.05, 4.69) is 38.0 Å². The van der Waals surface area contributed by atoms with Gasteiger partial charge in [0.2, 0.25) is 0 Å². The van der Waals surface area contributed by atoms with Crippen LogP contribution in [0.4, 0.5) is 0 Å². The minimum absolute atomic E-state index is 0.0358. The fraction of sp³-hybridized carbons (Fsp3) is 0.292. The Kier molecular flexibility index (Phi) is 8.28. The lowest BCUT2D eigenvalue weighted by Gasteiger charge is -2.17. The van der Waals surface area contributed by atoms with E-state index in [1.165, 1.54) is 0 Å². The smallest absolute Gasteiger partial charge is 0.195 e. The molecule has 0 spiro atoms. The number of hydrogen-bond acceptors (Lipinski definition) is 5. The zero-order valence-corrected chi connectivity index (χ0v) is 19.6. The van der Waals surface area contributed by atoms with Crippen molar-refractivity contribution in [2.24, 2.45) is 0 Å². The zero-order valence-electron chi connectivity index (χ0n) is 18.0. The lowest BCUT2D eigenvalue weighted by Crippen LogP contribution is -2.21. The van der Waals surface area contributed by atoms with E-state index in [1.807, 2.05) is 78.2 Å². The Morgan fingerprint density at radius 3 is 2.61 bits per heavy atom. The molecular formula is C24H28BrN5O. The summed E-state index contributed by atoms with van der Waals surface area (Å²) in [6, 6.07) is 15.1. The van der Waals surface area contributed by atoms with Crippen LogP contribution in [0.5, 0.6) is 0 Å². The Hall–Kier alpha value is -2.61. The maximum Gasteiger partial charge on any atom is 0.195 e. The largest absolute Gasteiger partial charge is 0.310 e. The van der Waals surface area contributed by atoms with Crippen molar-refractivity contribution in [1.82, 2.24) is 25.0 Å². The third kappa shape index (κ3) is 5.97. The molecule has 0 amide bonds.